The summed E-state index contributed by atoms with van der Waals surface area (Å²) in [6.07, 6.45) is 16.7. The van der Waals surface area contributed by atoms with E-state index in [0.717, 1.165) is 0 Å². The third kappa shape index (κ3) is 2.11. The highest BCUT2D eigenvalue weighted by molar-refractivity contribution is 6.00. The topological polar surface area (TPSA) is 26.3 Å². The molecular weight excluding hydrogens is 212 g/mol. The maximum atomic E-state index is 11.3. The van der Waals surface area contributed by atoms with Crippen LogP contribution < -0.4 is 0 Å². The summed E-state index contributed by atoms with van der Waals surface area (Å²) in [7, 11) is 0. The van der Waals surface area contributed by atoms with E-state index < -0.39 is 0 Å². The van der Waals surface area contributed by atoms with Gasteiger partial charge in [0, 0.05) is 0 Å². The van der Waals surface area contributed by atoms with E-state index in [1.165, 1.54) is 44.9 Å². The van der Waals surface area contributed by atoms with E-state index in [1.807, 2.05) is 12.2 Å². The van der Waals surface area contributed by atoms with Gasteiger partial charge in [-0.25, -0.2) is 0 Å². The van der Waals surface area contributed by atoms with Crippen molar-refractivity contribution < 1.29 is 9.53 Å². The number of fused-ring (bicyclic) bond motifs is 3. The lowest BCUT2D eigenvalue weighted by Gasteiger charge is -2.30. The number of allylic oxidation sites excluding steroid dienone is 2. The van der Waals surface area contributed by atoms with E-state index in [0.29, 0.717) is 12.0 Å². The van der Waals surface area contributed by atoms with Gasteiger partial charge >= 0.3 is 0 Å². The summed E-state index contributed by atoms with van der Waals surface area (Å²) in [6, 6.07) is 0. The second-order valence-electron chi connectivity index (χ2n) is 5.59. The van der Waals surface area contributed by atoms with Crippen molar-refractivity contribution in [1.29, 1.82) is 0 Å². The number of carbonyl (C=O) groups excluding carboxylic acids is 1. The summed E-state index contributed by atoms with van der Waals surface area (Å²) in [5.41, 5.74) is -0.254. The highest BCUT2D eigenvalue weighted by Gasteiger charge is 2.45. The van der Waals surface area contributed by atoms with Gasteiger partial charge in [-0.1, -0.05) is 25.7 Å². The van der Waals surface area contributed by atoms with Crippen LogP contribution in [0.3, 0.4) is 0 Å². The Morgan fingerprint density at radius 3 is 2.53 bits per heavy atom. The zero-order valence-corrected chi connectivity index (χ0v) is 10.2. The van der Waals surface area contributed by atoms with Crippen LogP contribution in [0, 0.1) is 5.92 Å². The smallest absolute Gasteiger partial charge is 0.178 e. The van der Waals surface area contributed by atoms with Crippen LogP contribution in [-0.2, 0) is 9.53 Å². The second kappa shape index (κ2) is 4.41. The van der Waals surface area contributed by atoms with Crippen molar-refractivity contribution in [3.8, 4) is 0 Å². The first-order chi connectivity index (χ1) is 8.28. The molecular formula is C15H20O2. The Morgan fingerprint density at radius 2 is 1.76 bits per heavy atom. The molecule has 1 saturated heterocycles. The number of carbonyl (C=O) groups is 1. The molecule has 2 aliphatic carbocycles. The highest BCUT2D eigenvalue weighted by atomic mass is 16.5. The molecule has 0 unspecified atom stereocenters. The monoisotopic (exact) mass is 232 g/mol. The summed E-state index contributed by atoms with van der Waals surface area (Å²) in [5.74, 6) is 0.666. The number of ketones is 1. The molecule has 2 nitrogen and oxygen atoms in total. The first-order valence-electron chi connectivity index (χ1n) is 6.89. The van der Waals surface area contributed by atoms with Crippen LogP contribution in [0.5, 0.6) is 0 Å². The van der Waals surface area contributed by atoms with Crippen LogP contribution in [0.4, 0.5) is 0 Å². The Kier molecular flexibility index (Phi) is 2.91. The molecule has 0 N–H and O–H groups in total. The zero-order valence-electron chi connectivity index (χ0n) is 10.2. The predicted octanol–water partition coefficient (Wildman–Crippen LogP) is 3.18. The van der Waals surface area contributed by atoms with E-state index in [1.54, 1.807) is 12.2 Å². The minimum absolute atomic E-state index is 0.0912. The van der Waals surface area contributed by atoms with Crippen molar-refractivity contribution in [3.63, 3.8) is 0 Å². The summed E-state index contributed by atoms with van der Waals surface area (Å²) < 4.78 is 6.25. The molecule has 0 aromatic heterocycles. The maximum Gasteiger partial charge on any atom is 0.178 e. The molecule has 0 aromatic rings. The Bertz CT molecular complexity index is 351. The Morgan fingerprint density at radius 1 is 1.06 bits per heavy atom. The van der Waals surface area contributed by atoms with Crippen LogP contribution >= 0.6 is 0 Å². The van der Waals surface area contributed by atoms with Crippen LogP contribution in [-0.4, -0.2) is 17.5 Å². The first-order valence-corrected chi connectivity index (χ1v) is 6.89. The lowest BCUT2D eigenvalue weighted by atomic mass is 9.80. The van der Waals surface area contributed by atoms with E-state index >= 15 is 0 Å². The maximum absolute atomic E-state index is 11.3. The van der Waals surface area contributed by atoms with Crippen molar-refractivity contribution in [2.75, 3.05) is 0 Å². The highest BCUT2D eigenvalue weighted by Crippen LogP contribution is 2.44. The molecule has 0 aromatic carbocycles. The van der Waals surface area contributed by atoms with Gasteiger partial charge in [-0.05, 0) is 49.5 Å². The number of ether oxygens (including phenoxy) is 1. The van der Waals surface area contributed by atoms with E-state index in [-0.39, 0.29) is 11.4 Å². The Balaban J connectivity index is 1.84. The van der Waals surface area contributed by atoms with Gasteiger partial charge in [-0.2, -0.15) is 0 Å². The molecule has 2 bridgehead atoms. The molecule has 3 aliphatic rings. The average molecular weight is 232 g/mol. The zero-order chi connectivity index (χ0) is 11.7. The fraction of sp³-hybridized carbons (Fsp3) is 0.667. The third-order valence-electron chi connectivity index (χ3n) is 4.40. The largest absolute Gasteiger partial charge is 0.363 e. The number of hydrogen-bond donors (Lipinski definition) is 0. The molecule has 1 spiro atoms. The molecule has 92 valence electrons. The van der Waals surface area contributed by atoms with Crippen LogP contribution in [0.15, 0.2) is 24.3 Å². The summed E-state index contributed by atoms with van der Waals surface area (Å²) >= 11 is 0. The predicted molar refractivity (Wildman–Crippen MR) is 66.7 cm³/mol. The standard InChI is InChI=1S/C15H20O2/c16-13-7-9-15(10-8-13)12-5-3-1-2-4-6-14(11-12)17-15/h7-10,12,14H,1-6,11H2/t12-,14-/m1/s1. The lowest BCUT2D eigenvalue weighted by Crippen LogP contribution is -2.33. The van der Waals surface area contributed by atoms with E-state index in [9.17, 15) is 4.79 Å². The molecule has 2 fully saturated rings. The molecule has 1 saturated carbocycles. The molecule has 17 heavy (non-hydrogen) atoms. The van der Waals surface area contributed by atoms with Gasteiger partial charge < -0.3 is 4.74 Å². The van der Waals surface area contributed by atoms with Gasteiger partial charge in [-0.3, -0.25) is 4.79 Å². The molecule has 2 heteroatoms. The van der Waals surface area contributed by atoms with E-state index in [4.69, 9.17) is 4.74 Å². The van der Waals surface area contributed by atoms with Crippen molar-refractivity contribution >= 4 is 5.78 Å². The minimum atomic E-state index is -0.254. The molecule has 0 amide bonds. The Hall–Kier alpha value is -0.890. The fourth-order valence-electron chi connectivity index (χ4n) is 3.46. The second-order valence-corrected chi connectivity index (χ2v) is 5.59. The van der Waals surface area contributed by atoms with Crippen LogP contribution in [0.25, 0.3) is 0 Å². The van der Waals surface area contributed by atoms with Crippen molar-refractivity contribution in [2.24, 2.45) is 5.92 Å². The first kappa shape index (κ1) is 11.2. The number of hydrogen-bond acceptors (Lipinski definition) is 2. The summed E-state index contributed by atoms with van der Waals surface area (Å²) in [4.78, 5) is 11.3. The molecule has 2 atom stereocenters. The minimum Gasteiger partial charge on any atom is -0.363 e. The Labute approximate surface area is 103 Å². The van der Waals surface area contributed by atoms with Gasteiger partial charge in [0.25, 0.3) is 0 Å². The molecule has 1 heterocycles. The van der Waals surface area contributed by atoms with Gasteiger partial charge in [0.1, 0.15) is 5.60 Å². The van der Waals surface area contributed by atoms with Gasteiger partial charge in [0.05, 0.1) is 6.10 Å². The van der Waals surface area contributed by atoms with Gasteiger partial charge in [-0.15, -0.1) is 0 Å². The quantitative estimate of drug-likeness (QED) is 0.641. The lowest BCUT2D eigenvalue weighted by molar-refractivity contribution is -0.111. The molecule has 1 aliphatic heterocycles. The normalized spacial score (nSPS) is 35.6. The summed E-state index contributed by atoms with van der Waals surface area (Å²) in [6.45, 7) is 0. The van der Waals surface area contributed by atoms with Crippen molar-refractivity contribution in [3.05, 3.63) is 24.3 Å². The molecule has 0 radical (unpaired) electrons. The average Bonchev–Trinajstić information content (AvgIpc) is 2.72. The SMILES string of the molecule is O=C1C=CC2(C=C1)O[C@@H]1CCCCCC[C@@H]2C1. The fourth-order valence-corrected chi connectivity index (χ4v) is 3.46. The molecule has 3 rings (SSSR count). The third-order valence-corrected chi connectivity index (χ3v) is 4.40. The van der Waals surface area contributed by atoms with Crippen molar-refractivity contribution in [1.82, 2.24) is 0 Å². The van der Waals surface area contributed by atoms with Crippen LogP contribution in [0.1, 0.15) is 44.9 Å². The van der Waals surface area contributed by atoms with Crippen molar-refractivity contribution in [2.45, 2.75) is 56.7 Å². The summed E-state index contributed by atoms with van der Waals surface area (Å²) in [5, 5.41) is 0. The van der Waals surface area contributed by atoms with Crippen LogP contribution in [0.2, 0.25) is 0 Å². The van der Waals surface area contributed by atoms with Gasteiger partial charge in [0.15, 0.2) is 5.78 Å². The number of rotatable bonds is 0. The van der Waals surface area contributed by atoms with E-state index in [2.05, 4.69) is 0 Å². The van der Waals surface area contributed by atoms with Gasteiger partial charge in [0.2, 0.25) is 0 Å².